The number of amides is 1. The van der Waals surface area contributed by atoms with E-state index in [1.165, 1.54) is 12.1 Å². The molecule has 2 aromatic carbocycles. The molecule has 4 rings (SSSR count). The van der Waals surface area contributed by atoms with Crippen molar-refractivity contribution in [2.24, 2.45) is 0 Å². The van der Waals surface area contributed by atoms with Crippen molar-refractivity contribution in [2.75, 3.05) is 0 Å². The van der Waals surface area contributed by atoms with Crippen molar-refractivity contribution in [3.05, 3.63) is 107 Å². The molecule has 1 unspecified atom stereocenters. The number of benzene rings is 2. The molecule has 1 amide bonds. The molecule has 4 nitrogen and oxygen atoms in total. The third-order valence-corrected chi connectivity index (χ3v) is 5.41. The van der Waals surface area contributed by atoms with Crippen LogP contribution < -0.4 is 5.32 Å². The summed E-state index contributed by atoms with van der Waals surface area (Å²) in [5, 5.41) is 2.97. The topological polar surface area (TPSA) is 46.4 Å². The number of pyridine rings is 1. The number of imidazole rings is 1. The summed E-state index contributed by atoms with van der Waals surface area (Å²) in [6.07, 6.45) is 4.17. The molecular formula is C25H24FN3O. The molecule has 0 fully saturated rings. The van der Waals surface area contributed by atoms with Crippen LogP contribution in [0.15, 0.2) is 73.1 Å². The van der Waals surface area contributed by atoms with Crippen LogP contribution in [0.5, 0.6) is 0 Å². The van der Waals surface area contributed by atoms with E-state index in [-0.39, 0.29) is 17.6 Å². The number of rotatable bonds is 6. The van der Waals surface area contributed by atoms with Gasteiger partial charge in [-0.1, -0.05) is 36.4 Å². The van der Waals surface area contributed by atoms with Gasteiger partial charge in [0.1, 0.15) is 11.5 Å². The first kappa shape index (κ1) is 19.8. The summed E-state index contributed by atoms with van der Waals surface area (Å²) < 4.78 is 15.2. The fourth-order valence-electron chi connectivity index (χ4n) is 3.77. The van der Waals surface area contributed by atoms with Gasteiger partial charge in [0.15, 0.2) is 0 Å². The van der Waals surface area contributed by atoms with Crippen LogP contribution in [0.1, 0.15) is 40.3 Å². The number of fused-ring (bicyclic) bond motifs is 1. The minimum Gasteiger partial charge on any atom is -0.352 e. The lowest BCUT2D eigenvalue weighted by Gasteiger charge is -2.19. The quantitative estimate of drug-likeness (QED) is 0.498. The van der Waals surface area contributed by atoms with Crippen molar-refractivity contribution in [1.82, 2.24) is 14.7 Å². The van der Waals surface area contributed by atoms with Gasteiger partial charge in [0, 0.05) is 31.3 Å². The van der Waals surface area contributed by atoms with Crippen LogP contribution in [0.2, 0.25) is 0 Å². The third-order valence-electron chi connectivity index (χ3n) is 5.41. The molecule has 1 atom stereocenters. The molecule has 4 aromatic rings. The van der Waals surface area contributed by atoms with Gasteiger partial charge >= 0.3 is 0 Å². The Morgan fingerprint density at radius 2 is 1.87 bits per heavy atom. The Kier molecular flexibility index (Phi) is 5.61. The molecule has 0 aliphatic heterocycles. The van der Waals surface area contributed by atoms with E-state index < -0.39 is 0 Å². The van der Waals surface area contributed by atoms with Crippen LogP contribution in [0.3, 0.4) is 0 Å². The van der Waals surface area contributed by atoms with Gasteiger partial charge in [0.2, 0.25) is 5.91 Å². The number of aryl methyl sites for hydroxylation is 2. The molecule has 0 bridgehead atoms. The summed E-state index contributed by atoms with van der Waals surface area (Å²) in [4.78, 5) is 17.4. The van der Waals surface area contributed by atoms with E-state index >= 15 is 0 Å². The number of carbonyl (C=O) groups is 1. The third kappa shape index (κ3) is 4.25. The first-order valence-corrected chi connectivity index (χ1v) is 10.0. The van der Waals surface area contributed by atoms with Gasteiger partial charge in [-0.05, 0) is 60.4 Å². The number of hydrogen-bond donors (Lipinski definition) is 1. The van der Waals surface area contributed by atoms with Gasteiger partial charge < -0.3 is 9.72 Å². The lowest BCUT2D eigenvalue weighted by Crippen LogP contribution is -2.25. The van der Waals surface area contributed by atoms with Crippen LogP contribution in [0.25, 0.3) is 5.65 Å². The summed E-state index contributed by atoms with van der Waals surface area (Å²) in [5.41, 5.74) is 6.10. The van der Waals surface area contributed by atoms with E-state index in [1.807, 2.05) is 43.6 Å². The number of aromatic nitrogens is 2. The Hall–Kier alpha value is -3.47. The first-order valence-electron chi connectivity index (χ1n) is 10.0. The second-order valence-electron chi connectivity index (χ2n) is 7.63. The molecule has 5 heteroatoms. The Bertz CT molecular complexity index is 1180. The van der Waals surface area contributed by atoms with Gasteiger partial charge in [-0.15, -0.1) is 0 Å². The molecule has 2 heterocycles. The number of nitrogens with one attached hydrogen (secondary N) is 1. The predicted octanol–water partition coefficient (Wildman–Crippen LogP) is 4.93. The summed E-state index contributed by atoms with van der Waals surface area (Å²) in [6.45, 7) is 4.47. The van der Waals surface area contributed by atoms with Crippen LogP contribution >= 0.6 is 0 Å². The highest BCUT2D eigenvalue weighted by molar-refractivity contribution is 5.77. The van der Waals surface area contributed by atoms with Crippen molar-refractivity contribution in [1.29, 1.82) is 0 Å². The SMILES string of the molecule is Cc1ccn2c(C(CC(=O)NCc3ccc(F)cc3)c3ccccc3C)cnc2c1. The zero-order valence-corrected chi connectivity index (χ0v) is 17.1. The van der Waals surface area contributed by atoms with Crippen molar-refractivity contribution >= 4 is 11.6 Å². The largest absolute Gasteiger partial charge is 0.352 e. The predicted molar refractivity (Wildman–Crippen MR) is 116 cm³/mol. The summed E-state index contributed by atoms with van der Waals surface area (Å²) >= 11 is 0. The smallest absolute Gasteiger partial charge is 0.221 e. The van der Waals surface area contributed by atoms with E-state index in [0.717, 1.165) is 33.6 Å². The number of carbonyl (C=O) groups excluding carboxylic acids is 1. The van der Waals surface area contributed by atoms with Crippen molar-refractivity contribution in [3.63, 3.8) is 0 Å². The van der Waals surface area contributed by atoms with E-state index in [4.69, 9.17) is 0 Å². The molecule has 152 valence electrons. The standard InChI is InChI=1S/C25H24FN3O/c1-17-11-12-29-23(16-27-24(29)13-17)22(21-6-4-3-5-18(21)2)14-25(30)28-15-19-7-9-20(26)10-8-19/h3-13,16,22H,14-15H2,1-2H3,(H,28,30). The Labute approximate surface area is 175 Å². The molecule has 1 N–H and O–H groups in total. The van der Waals surface area contributed by atoms with E-state index in [9.17, 15) is 9.18 Å². The first-order chi connectivity index (χ1) is 14.5. The van der Waals surface area contributed by atoms with Crippen molar-refractivity contribution in [3.8, 4) is 0 Å². The minimum atomic E-state index is -0.285. The molecule has 30 heavy (non-hydrogen) atoms. The van der Waals surface area contributed by atoms with Gasteiger partial charge in [-0.2, -0.15) is 0 Å². The van der Waals surface area contributed by atoms with E-state index in [0.29, 0.717) is 13.0 Å². The molecule has 0 spiro atoms. The van der Waals surface area contributed by atoms with Gasteiger partial charge in [-0.25, -0.2) is 9.37 Å². The molecule has 0 saturated carbocycles. The second kappa shape index (κ2) is 8.49. The van der Waals surface area contributed by atoms with Crippen LogP contribution in [-0.4, -0.2) is 15.3 Å². The van der Waals surface area contributed by atoms with Gasteiger partial charge in [0.05, 0.1) is 5.69 Å². The van der Waals surface area contributed by atoms with Gasteiger partial charge in [-0.3, -0.25) is 4.79 Å². The molecular weight excluding hydrogens is 377 g/mol. The molecule has 0 radical (unpaired) electrons. The minimum absolute atomic E-state index is 0.0605. The molecule has 2 aromatic heterocycles. The number of hydrogen-bond acceptors (Lipinski definition) is 2. The molecule has 0 aliphatic rings. The fourth-order valence-corrected chi connectivity index (χ4v) is 3.77. The lowest BCUT2D eigenvalue weighted by atomic mass is 9.89. The van der Waals surface area contributed by atoms with E-state index in [1.54, 1.807) is 12.1 Å². The monoisotopic (exact) mass is 401 g/mol. The van der Waals surface area contributed by atoms with E-state index in [2.05, 4.69) is 33.8 Å². The van der Waals surface area contributed by atoms with Crippen molar-refractivity contribution in [2.45, 2.75) is 32.7 Å². The summed E-state index contributed by atoms with van der Waals surface area (Å²) in [7, 11) is 0. The highest BCUT2D eigenvalue weighted by Crippen LogP contribution is 2.31. The summed E-state index contributed by atoms with van der Waals surface area (Å²) in [5.74, 6) is -0.473. The maximum Gasteiger partial charge on any atom is 0.221 e. The zero-order valence-electron chi connectivity index (χ0n) is 17.1. The lowest BCUT2D eigenvalue weighted by molar-refractivity contribution is -0.121. The Balaban J connectivity index is 1.61. The highest BCUT2D eigenvalue weighted by atomic mass is 19.1. The average Bonchev–Trinajstić information content (AvgIpc) is 3.15. The number of halogens is 1. The zero-order chi connectivity index (χ0) is 21.1. The van der Waals surface area contributed by atoms with Crippen LogP contribution in [0, 0.1) is 19.7 Å². The van der Waals surface area contributed by atoms with Crippen LogP contribution in [0.4, 0.5) is 4.39 Å². The number of nitrogens with zero attached hydrogens (tertiary/aromatic N) is 2. The average molecular weight is 401 g/mol. The Morgan fingerprint density at radius 1 is 1.10 bits per heavy atom. The normalized spacial score (nSPS) is 12.1. The maximum absolute atomic E-state index is 13.1. The summed E-state index contributed by atoms with van der Waals surface area (Å²) in [6, 6.07) is 18.4. The highest BCUT2D eigenvalue weighted by Gasteiger charge is 2.23. The Morgan fingerprint density at radius 3 is 2.63 bits per heavy atom. The molecule has 0 saturated heterocycles. The molecule has 0 aliphatic carbocycles. The second-order valence-corrected chi connectivity index (χ2v) is 7.63. The van der Waals surface area contributed by atoms with Crippen molar-refractivity contribution < 1.29 is 9.18 Å². The van der Waals surface area contributed by atoms with Crippen LogP contribution in [-0.2, 0) is 11.3 Å². The maximum atomic E-state index is 13.1. The fraction of sp³-hybridized carbons (Fsp3) is 0.200. The van der Waals surface area contributed by atoms with Gasteiger partial charge in [0.25, 0.3) is 0 Å².